The van der Waals surface area contributed by atoms with E-state index in [1.807, 2.05) is 91.1 Å². The molecule has 1 amide bonds. The number of rotatable bonds is 8. The quantitative estimate of drug-likeness (QED) is 0.221. The predicted molar refractivity (Wildman–Crippen MR) is 148 cm³/mol. The van der Waals surface area contributed by atoms with Crippen molar-refractivity contribution < 1.29 is 9.53 Å². The lowest BCUT2D eigenvalue weighted by molar-refractivity contribution is -0.117. The first-order valence-electron chi connectivity index (χ1n) is 13.0. The van der Waals surface area contributed by atoms with Gasteiger partial charge in [0.2, 0.25) is 0 Å². The van der Waals surface area contributed by atoms with Crippen LogP contribution in [-0.4, -0.2) is 21.7 Å². The second kappa shape index (κ2) is 12.1. The number of nitriles is 1. The maximum atomic E-state index is 13.0. The lowest BCUT2D eigenvalue weighted by atomic mass is 9.95. The fraction of sp³-hybridized carbons (Fsp3) is 0.219. The molecule has 0 aliphatic heterocycles. The van der Waals surface area contributed by atoms with Crippen molar-refractivity contribution in [2.45, 2.75) is 44.8 Å². The summed E-state index contributed by atoms with van der Waals surface area (Å²) in [6.45, 7) is 0.454. The largest absolute Gasteiger partial charge is 0.489 e. The van der Waals surface area contributed by atoms with Crippen LogP contribution in [0.25, 0.3) is 23.0 Å². The monoisotopic (exact) mass is 502 g/mol. The molecule has 0 unspecified atom stereocenters. The van der Waals surface area contributed by atoms with Crippen molar-refractivity contribution in [1.82, 2.24) is 15.1 Å². The van der Waals surface area contributed by atoms with Crippen LogP contribution < -0.4 is 10.1 Å². The number of nitrogens with one attached hydrogen (secondary N) is 1. The zero-order chi connectivity index (χ0) is 26.2. The third-order valence-corrected chi connectivity index (χ3v) is 6.72. The Kier molecular flexibility index (Phi) is 7.95. The molecule has 0 atom stereocenters. The number of hydrogen-bond acceptors (Lipinski definition) is 4. The third-order valence-electron chi connectivity index (χ3n) is 6.72. The van der Waals surface area contributed by atoms with Gasteiger partial charge in [0.05, 0.1) is 5.69 Å². The number of amides is 1. The minimum absolute atomic E-state index is 0.0703. The van der Waals surface area contributed by atoms with Crippen molar-refractivity contribution in [2.75, 3.05) is 0 Å². The average Bonchev–Trinajstić information content (AvgIpc) is 3.40. The molecule has 5 rings (SSSR count). The summed E-state index contributed by atoms with van der Waals surface area (Å²) in [5.74, 6) is 0.379. The number of para-hydroxylation sites is 1. The van der Waals surface area contributed by atoms with Crippen LogP contribution >= 0.6 is 0 Å². The van der Waals surface area contributed by atoms with E-state index in [4.69, 9.17) is 9.84 Å². The Hall–Kier alpha value is -4.63. The molecule has 1 aliphatic carbocycles. The summed E-state index contributed by atoms with van der Waals surface area (Å²) in [5, 5.41) is 17.8. The Morgan fingerprint density at radius 3 is 2.47 bits per heavy atom. The summed E-state index contributed by atoms with van der Waals surface area (Å²) in [6, 6.07) is 29.7. The van der Waals surface area contributed by atoms with Crippen LogP contribution in [0.15, 0.2) is 96.7 Å². The summed E-state index contributed by atoms with van der Waals surface area (Å²) < 4.78 is 7.81. The summed E-state index contributed by atoms with van der Waals surface area (Å²) >= 11 is 0. The number of ether oxygens (including phenoxy) is 1. The van der Waals surface area contributed by atoms with E-state index in [1.54, 1.807) is 10.8 Å². The molecule has 1 N–H and O–H groups in total. The first kappa shape index (κ1) is 25.0. The molecule has 190 valence electrons. The number of hydrogen-bond donors (Lipinski definition) is 1. The van der Waals surface area contributed by atoms with E-state index in [1.165, 1.54) is 6.42 Å². The van der Waals surface area contributed by atoms with Crippen LogP contribution in [0.1, 0.15) is 43.2 Å². The van der Waals surface area contributed by atoms with Gasteiger partial charge in [-0.05, 0) is 48.7 Å². The fourth-order valence-electron chi connectivity index (χ4n) is 4.72. The highest BCUT2D eigenvalue weighted by atomic mass is 16.5. The molecule has 3 aromatic carbocycles. The second-order valence-corrected chi connectivity index (χ2v) is 9.49. The normalized spacial score (nSPS) is 14.0. The Morgan fingerprint density at radius 2 is 1.74 bits per heavy atom. The SMILES string of the molecule is N#CC(=Cc1cn(-c2ccccc2)nc1-c1cccc(OCc2ccccc2)c1)C(=O)NC1CCCCC1. The van der Waals surface area contributed by atoms with Crippen LogP contribution in [0.5, 0.6) is 5.75 Å². The fourth-order valence-corrected chi connectivity index (χ4v) is 4.72. The van der Waals surface area contributed by atoms with E-state index in [2.05, 4.69) is 11.4 Å². The van der Waals surface area contributed by atoms with E-state index < -0.39 is 0 Å². The lowest BCUT2D eigenvalue weighted by Crippen LogP contribution is -2.36. The Labute approximate surface area is 223 Å². The number of benzene rings is 3. The van der Waals surface area contributed by atoms with Crippen molar-refractivity contribution in [3.05, 3.63) is 108 Å². The van der Waals surface area contributed by atoms with Crippen LogP contribution in [0, 0.1) is 11.3 Å². The molecular formula is C32H30N4O2. The maximum absolute atomic E-state index is 13.0. The third kappa shape index (κ3) is 6.19. The van der Waals surface area contributed by atoms with Crippen molar-refractivity contribution in [3.8, 4) is 28.8 Å². The lowest BCUT2D eigenvalue weighted by Gasteiger charge is -2.22. The van der Waals surface area contributed by atoms with Crippen LogP contribution in [0.2, 0.25) is 0 Å². The van der Waals surface area contributed by atoms with Gasteiger partial charge in [-0.3, -0.25) is 4.79 Å². The van der Waals surface area contributed by atoms with Crippen molar-refractivity contribution >= 4 is 12.0 Å². The minimum atomic E-state index is -0.335. The summed E-state index contributed by atoms with van der Waals surface area (Å²) in [7, 11) is 0. The van der Waals surface area contributed by atoms with Crippen LogP contribution in [-0.2, 0) is 11.4 Å². The van der Waals surface area contributed by atoms with Crippen LogP contribution in [0.4, 0.5) is 0 Å². The first-order chi connectivity index (χ1) is 18.7. The van der Waals surface area contributed by atoms with Gasteiger partial charge in [0.25, 0.3) is 5.91 Å². The van der Waals surface area contributed by atoms with Gasteiger partial charge in [-0.15, -0.1) is 0 Å². The zero-order valence-corrected chi connectivity index (χ0v) is 21.2. The number of nitrogens with zero attached hydrogens (tertiary/aromatic N) is 3. The van der Waals surface area contributed by atoms with Gasteiger partial charge < -0.3 is 10.1 Å². The molecule has 38 heavy (non-hydrogen) atoms. The predicted octanol–water partition coefficient (Wildman–Crippen LogP) is 6.47. The molecule has 1 heterocycles. The number of carbonyl (C=O) groups excluding carboxylic acids is 1. The minimum Gasteiger partial charge on any atom is -0.489 e. The Morgan fingerprint density at radius 1 is 1.00 bits per heavy atom. The van der Waals surface area contributed by atoms with Gasteiger partial charge in [-0.2, -0.15) is 10.4 Å². The Bertz CT molecular complexity index is 1450. The summed E-state index contributed by atoms with van der Waals surface area (Å²) in [6.07, 6.45) is 8.81. The molecule has 0 spiro atoms. The highest BCUT2D eigenvalue weighted by Crippen LogP contribution is 2.29. The van der Waals surface area contributed by atoms with E-state index >= 15 is 0 Å². The molecule has 1 fully saturated rings. The van der Waals surface area contributed by atoms with Gasteiger partial charge in [0.15, 0.2) is 0 Å². The topological polar surface area (TPSA) is 79.9 Å². The highest BCUT2D eigenvalue weighted by molar-refractivity contribution is 6.02. The first-order valence-corrected chi connectivity index (χ1v) is 13.0. The van der Waals surface area contributed by atoms with Gasteiger partial charge in [0, 0.05) is 23.4 Å². The van der Waals surface area contributed by atoms with Gasteiger partial charge in [0.1, 0.15) is 29.7 Å². The molecule has 1 aliphatic rings. The standard InChI is InChI=1S/C32H30N4O2/c33-21-26(32(37)34-28-14-6-2-7-15-28)19-27-22-36(29-16-8-3-9-17-29)35-31(27)25-13-10-18-30(20-25)38-23-24-11-4-1-5-12-24/h1,3-5,8-13,16-20,22,28H,2,6-7,14-15,23H2,(H,34,37). The van der Waals surface area contributed by atoms with Gasteiger partial charge in [-0.1, -0.05) is 79.9 Å². The smallest absolute Gasteiger partial charge is 0.262 e. The molecule has 0 bridgehead atoms. The number of carbonyl (C=O) groups is 1. The summed E-state index contributed by atoms with van der Waals surface area (Å²) in [4.78, 5) is 13.0. The van der Waals surface area contributed by atoms with E-state index in [9.17, 15) is 10.1 Å². The van der Waals surface area contributed by atoms with Crippen molar-refractivity contribution in [2.24, 2.45) is 0 Å². The molecule has 0 radical (unpaired) electrons. The highest BCUT2D eigenvalue weighted by Gasteiger charge is 2.20. The van der Waals surface area contributed by atoms with Crippen molar-refractivity contribution in [3.63, 3.8) is 0 Å². The van der Waals surface area contributed by atoms with E-state index in [0.29, 0.717) is 23.6 Å². The molecule has 0 saturated heterocycles. The van der Waals surface area contributed by atoms with Gasteiger partial charge in [-0.25, -0.2) is 4.68 Å². The molecule has 6 heteroatoms. The Balaban J connectivity index is 1.46. The van der Waals surface area contributed by atoms with Crippen LogP contribution in [0.3, 0.4) is 0 Å². The van der Waals surface area contributed by atoms with Crippen molar-refractivity contribution in [1.29, 1.82) is 5.26 Å². The molecule has 1 saturated carbocycles. The zero-order valence-electron chi connectivity index (χ0n) is 21.2. The van der Waals surface area contributed by atoms with Gasteiger partial charge >= 0.3 is 0 Å². The number of aromatic nitrogens is 2. The average molecular weight is 503 g/mol. The maximum Gasteiger partial charge on any atom is 0.262 e. The molecule has 6 nitrogen and oxygen atoms in total. The molecule has 1 aromatic heterocycles. The summed E-state index contributed by atoms with van der Waals surface area (Å²) in [5.41, 5.74) is 4.22. The molecule has 4 aromatic rings. The molecular weight excluding hydrogens is 472 g/mol. The van der Waals surface area contributed by atoms with E-state index in [-0.39, 0.29) is 17.5 Å². The second-order valence-electron chi connectivity index (χ2n) is 9.49. The van der Waals surface area contributed by atoms with E-state index in [0.717, 1.165) is 42.5 Å².